The molecule has 0 atom stereocenters. The fraction of sp³-hybridized carbons (Fsp3) is 0.231. The molecule has 0 aliphatic heterocycles. The van der Waals surface area contributed by atoms with Crippen LogP contribution in [0.5, 0.6) is 0 Å². The molecule has 0 saturated heterocycles. The van der Waals surface area contributed by atoms with Crippen molar-refractivity contribution in [1.29, 1.82) is 0 Å². The number of carboxylic acids is 1. The van der Waals surface area contributed by atoms with Crippen LogP contribution in [0.1, 0.15) is 42.3 Å². The van der Waals surface area contributed by atoms with E-state index in [9.17, 15) is 4.79 Å². The normalized spacial score (nSPS) is 11.6. The Kier molecular flexibility index (Phi) is 5.51. The van der Waals surface area contributed by atoms with Crippen molar-refractivity contribution < 1.29 is 9.90 Å². The van der Waals surface area contributed by atoms with Gasteiger partial charge in [-0.2, -0.15) is 5.10 Å². The second kappa shape index (κ2) is 8.26. The first-order valence-corrected chi connectivity index (χ1v) is 10.5. The lowest BCUT2D eigenvalue weighted by molar-refractivity contribution is 0.0697. The number of benzene rings is 3. The Bertz CT molecular complexity index is 1200. The zero-order valence-corrected chi connectivity index (χ0v) is 18.1. The summed E-state index contributed by atoms with van der Waals surface area (Å²) in [7, 11) is 0. The van der Waals surface area contributed by atoms with E-state index in [1.54, 1.807) is 12.1 Å². The molecule has 5 nitrogen and oxygen atoms in total. The Labute approximate surface area is 182 Å². The van der Waals surface area contributed by atoms with E-state index in [-0.39, 0.29) is 5.41 Å². The summed E-state index contributed by atoms with van der Waals surface area (Å²) in [5.41, 5.74) is 6.10. The van der Waals surface area contributed by atoms with Gasteiger partial charge in [0.25, 0.3) is 0 Å². The molecule has 0 fully saturated rings. The molecule has 0 radical (unpaired) electrons. The first kappa shape index (κ1) is 20.7. The van der Waals surface area contributed by atoms with Crippen LogP contribution in [0.25, 0.3) is 22.0 Å². The predicted octanol–water partition coefficient (Wildman–Crippen LogP) is 5.88. The summed E-state index contributed by atoms with van der Waals surface area (Å²) in [6.07, 6.45) is 0.775. The van der Waals surface area contributed by atoms with Crippen molar-refractivity contribution in [3.05, 3.63) is 83.4 Å². The lowest BCUT2D eigenvalue weighted by Gasteiger charge is -2.19. The van der Waals surface area contributed by atoms with Gasteiger partial charge in [0, 0.05) is 6.54 Å². The van der Waals surface area contributed by atoms with Crippen molar-refractivity contribution in [2.24, 2.45) is 0 Å². The van der Waals surface area contributed by atoms with Gasteiger partial charge >= 0.3 is 5.97 Å². The predicted molar refractivity (Wildman–Crippen MR) is 126 cm³/mol. The number of aromatic carboxylic acids is 1. The molecule has 5 heteroatoms. The van der Waals surface area contributed by atoms with Crippen LogP contribution < -0.4 is 5.32 Å². The molecule has 31 heavy (non-hydrogen) atoms. The van der Waals surface area contributed by atoms with Crippen molar-refractivity contribution >= 4 is 22.7 Å². The molecule has 1 heterocycles. The van der Waals surface area contributed by atoms with Crippen LogP contribution in [0.4, 0.5) is 5.82 Å². The second-order valence-corrected chi connectivity index (χ2v) is 8.81. The molecule has 3 aromatic carbocycles. The summed E-state index contributed by atoms with van der Waals surface area (Å²) in [4.78, 5) is 11.0. The Hall–Kier alpha value is -3.60. The van der Waals surface area contributed by atoms with Crippen molar-refractivity contribution in [2.75, 3.05) is 11.9 Å². The molecule has 0 unspecified atom stereocenters. The van der Waals surface area contributed by atoms with Crippen LogP contribution in [0.3, 0.4) is 0 Å². The van der Waals surface area contributed by atoms with Gasteiger partial charge in [-0.25, -0.2) is 4.79 Å². The highest BCUT2D eigenvalue weighted by Crippen LogP contribution is 2.33. The van der Waals surface area contributed by atoms with E-state index in [0.29, 0.717) is 12.1 Å². The van der Waals surface area contributed by atoms with Crippen LogP contribution in [-0.2, 0) is 11.8 Å². The maximum absolute atomic E-state index is 11.0. The molecule has 158 valence electrons. The first-order chi connectivity index (χ1) is 14.8. The van der Waals surface area contributed by atoms with E-state index in [1.807, 2.05) is 24.3 Å². The average Bonchev–Trinajstić information content (AvgIpc) is 3.17. The molecule has 4 aromatic rings. The minimum atomic E-state index is -0.907. The number of carboxylic acid groups (broad SMARTS) is 1. The van der Waals surface area contributed by atoms with E-state index in [0.717, 1.165) is 39.8 Å². The quantitative estimate of drug-likeness (QED) is 0.369. The van der Waals surface area contributed by atoms with E-state index >= 15 is 0 Å². The number of hydrogen-bond acceptors (Lipinski definition) is 3. The fourth-order valence-electron chi connectivity index (χ4n) is 3.73. The average molecular weight is 414 g/mol. The summed E-state index contributed by atoms with van der Waals surface area (Å²) in [5, 5.41) is 21.2. The van der Waals surface area contributed by atoms with Crippen molar-refractivity contribution in [2.45, 2.75) is 32.6 Å². The number of hydrogen-bond donors (Lipinski definition) is 3. The Morgan fingerprint density at radius 1 is 1.00 bits per heavy atom. The second-order valence-electron chi connectivity index (χ2n) is 8.81. The zero-order valence-electron chi connectivity index (χ0n) is 18.1. The number of nitrogens with one attached hydrogen (secondary N) is 2. The van der Waals surface area contributed by atoms with Crippen LogP contribution >= 0.6 is 0 Å². The lowest BCUT2D eigenvalue weighted by Crippen LogP contribution is -2.10. The number of aromatic nitrogens is 2. The molecule has 0 bridgehead atoms. The highest BCUT2D eigenvalue weighted by Gasteiger charge is 2.15. The SMILES string of the molecule is CC(C)(C)c1ccc(-c2cccc3[nH]nc(NCCc4ccc(C(=O)O)cc4)c23)cc1. The van der Waals surface area contributed by atoms with Gasteiger partial charge in [0.05, 0.1) is 16.5 Å². The third-order valence-corrected chi connectivity index (χ3v) is 5.56. The Balaban J connectivity index is 1.55. The molecule has 4 rings (SSSR count). The van der Waals surface area contributed by atoms with Crippen molar-refractivity contribution in [3.8, 4) is 11.1 Å². The minimum absolute atomic E-state index is 0.121. The number of fused-ring (bicyclic) bond motifs is 1. The van der Waals surface area contributed by atoms with Crippen molar-refractivity contribution in [3.63, 3.8) is 0 Å². The van der Waals surface area contributed by atoms with Crippen LogP contribution in [0.2, 0.25) is 0 Å². The molecule has 0 aliphatic rings. The van der Waals surface area contributed by atoms with Gasteiger partial charge in [-0.3, -0.25) is 5.10 Å². The number of H-pyrrole nitrogens is 1. The highest BCUT2D eigenvalue weighted by molar-refractivity contribution is 6.02. The summed E-state index contributed by atoms with van der Waals surface area (Å²) in [6, 6.07) is 21.9. The summed E-state index contributed by atoms with van der Waals surface area (Å²) < 4.78 is 0. The largest absolute Gasteiger partial charge is 0.478 e. The standard InChI is InChI=1S/C26H27N3O2/c1-26(2,3)20-13-11-18(12-14-20)21-5-4-6-22-23(21)24(29-28-22)27-16-15-17-7-9-19(10-8-17)25(30)31/h4-14H,15-16H2,1-3H3,(H,30,31)(H2,27,28,29). The molecule has 0 saturated carbocycles. The van der Waals surface area contributed by atoms with E-state index < -0.39 is 5.97 Å². The maximum Gasteiger partial charge on any atom is 0.335 e. The van der Waals surface area contributed by atoms with Gasteiger partial charge in [0.15, 0.2) is 5.82 Å². The molecule has 1 aromatic heterocycles. The van der Waals surface area contributed by atoms with Gasteiger partial charge in [-0.05, 0) is 52.3 Å². The van der Waals surface area contributed by atoms with Gasteiger partial charge in [-0.15, -0.1) is 0 Å². The Morgan fingerprint density at radius 3 is 2.35 bits per heavy atom. The third kappa shape index (κ3) is 4.45. The third-order valence-electron chi connectivity index (χ3n) is 5.56. The monoisotopic (exact) mass is 413 g/mol. The first-order valence-electron chi connectivity index (χ1n) is 10.5. The van der Waals surface area contributed by atoms with Crippen LogP contribution in [0, 0.1) is 0 Å². The number of rotatable bonds is 6. The number of anilines is 1. The Morgan fingerprint density at radius 2 is 1.71 bits per heavy atom. The zero-order chi connectivity index (χ0) is 22.0. The maximum atomic E-state index is 11.0. The number of nitrogens with zero attached hydrogens (tertiary/aromatic N) is 1. The van der Waals surface area contributed by atoms with Gasteiger partial charge in [-0.1, -0.05) is 69.3 Å². The van der Waals surface area contributed by atoms with E-state index in [2.05, 4.69) is 66.6 Å². The highest BCUT2D eigenvalue weighted by atomic mass is 16.4. The minimum Gasteiger partial charge on any atom is -0.478 e. The van der Waals surface area contributed by atoms with Crippen molar-refractivity contribution in [1.82, 2.24) is 10.2 Å². The number of aromatic amines is 1. The van der Waals surface area contributed by atoms with Gasteiger partial charge in [0.1, 0.15) is 0 Å². The smallest absolute Gasteiger partial charge is 0.335 e. The molecular formula is C26H27N3O2. The summed E-state index contributed by atoms with van der Waals surface area (Å²) in [6.45, 7) is 7.35. The van der Waals surface area contributed by atoms with Crippen LogP contribution in [-0.4, -0.2) is 27.8 Å². The summed E-state index contributed by atoms with van der Waals surface area (Å²) in [5.74, 6) is -0.0802. The lowest BCUT2D eigenvalue weighted by atomic mass is 9.86. The topological polar surface area (TPSA) is 78.0 Å². The molecule has 3 N–H and O–H groups in total. The number of carbonyl (C=O) groups is 1. The van der Waals surface area contributed by atoms with Gasteiger partial charge in [0.2, 0.25) is 0 Å². The fourth-order valence-corrected chi connectivity index (χ4v) is 3.73. The van der Waals surface area contributed by atoms with E-state index in [1.165, 1.54) is 5.56 Å². The summed E-state index contributed by atoms with van der Waals surface area (Å²) >= 11 is 0. The molecule has 0 amide bonds. The van der Waals surface area contributed by atoms with Crippen LogP contribution in [0.15, 0.2) is 66.7 Å². The van der Waals surface area contributed by atoms with Gasteiger partial charge < -0.3 is 10.4 Å². The van der Waals surface area contributed by atoms with E-state index in [4.69, 9.17) is 5.11 Å². The molecule has 0 aliphatic carbocycles. The molecule has 0 spiro atoms. The molecular weight excluding hydrogens is 386 g/mol.